The van der Waals surface area contributed by atoms with E-state index < -0.39 is 4.87 Å². The molecule has 1 amide bonds. The second kappa shape index (κ2) is 6.49. The Kier molecular flexibility index (Phi) is 3.94. The Labute approximate surface area is 166 Å². The monoisotopic (exact) mass is 389 g/mol. The summed E-state index contributed by atoms with van der Waals surface area (Å²) in [5.41, 5.74) is 6.27. The second-order valence-corrected chi connectivity index (χ2v) is 7.92. The quantitative estimate of drug-likeness (QED) is 0.729. The lowest BCUT2D eigenvalue weighted by atomic mass is 10.1. The summed E-state index contributed by atoms with van der Waals surface area (Å²) in [6.45, 7) is 0.420. The molecule has 1 atom stereocenters. The first-order chi connectivity index (χ1) is 13.7. The van der Waals surface area contributed by atoms with Gasteiger partial charge in [-0.15, -0.1) is 0 Å². The molecule has 3 aromatic carbocycles. The normalized spacial score (nSPS) is 20.2. The molecule has 0 bridgehead atoms. The molecule has 3 aromatic rings. The summed E-state index contributed by atoms with van der Waals surface area (Å²) in [6.07, 6.45) is 0. The minimum Gasteiger partial charge on any atom is -0.304 e. The van der Waals surface area contributed by atoms with Crippen molar-refractivity contribution in [3.05, 3.63) is 101 Å². The van der Waals surface area contributed by atoms with Crippen LogP contribution in [0.3, 0.4) is 0 Å². The van der Waals surface area contributed by atoms with Gasteiger partial charge in [0.2, 0.25) is 4.87 Å². The Bertz CT molecular complexity index is 1090. The van der Waals surface area contributed by atoms with Gasteiger partial charge in [0.25, 0.3) is 5.91 Å². The summed E-state index contributed by atoms with van der Waals surface area (Å²) in [6, 6.07) is 23.9. The third kappa shape index (κ3) is 2.60. The van der Waals surface area contributed by atoms with Gasteiger partial charge in [-0.3, -0.25) is 10.2 Å². The maximum absolute atomic E-state index is 14.1. The fraction of sp³-hybridized carbons (Fsp3) is 0.0909. The molecule has 6 heteroatoms. The number of benzene rings is 3. The number of nitrogens with zero attached hydrogens (tertiary/aromatic N) is 2. The van der Waals surface area contributed by atoms with E-state index in [-0.39, 0.29) is 11.7 Å². The van der Waals surface area contributed by atoms with E-state index in [4.69, 9.17) is 0 Å². The molecule has 0 fully saturated rings. The van der Waals surface area contributed by atoms with Crippen molar-refractivity contribution in [2.75, 3.05) is 4.90 Å². The number of rotatable bonds is 3. The first-order valence-corrected chi connectivity index (χ1v) is 9.74. The van der Waals surface area contributed by atoms with E-state index in [0.717, 1.165) is 11.1 Å². The zero-order valence-electron chi connectivity index (χ0n) is 14.8. The number of hydrogen-bond donors (Lipinski definition) is 1. The number of thioether (sulfide) groups is 1. The Morgan fingerprint density at radius 2 is 1.71 bits per heavy atom. The van der Waals surface area contributed by atoms with Gasteiger partial charge in [-0.05, 0) is 23.8 Å². The van der Waals surface area contributed by atoms with E-state index in [2.05, 4.69) is 10.5 Å². The highest BCUT2D eigenvalue weighted by atomic mass is 32.2. The minimum atomic E-state index is -1.14. The standard InChI is InChI=1S/C22H16FN3OS/c23-17-11-12-19-18(13-17)22(21(27)26(19)14-15-7-3-1-4-8-15)25-24-20(28-22)16-9-5-2-6-10-16/h1-13,25H,14H2. The van der Waals surface area contributed by atoms with Gasteiger partial charge in [0.05, 0.1) is 12.2 Å². The van der Waals surface area contributed by atoms with E-state index in [1.54, 1.807) is 11.0 Å². The number of nitrogens with one attached hydrogen (secondary N) is 1. The van der Waals surface area contributed by atoms with Crippen molar-refractivity contribution < 1.29 is 9.18 Å². The smallest absolute Gasteiger partial charge is 0.270 e. The van der Waals surface area contributed by atoms with Crippen LogP contribution in [0.5, 0.6) is 0 Å². The summed E-state index contributed by atoms with van der Waals surface area (Å²) < 4.78 is 14.1. The number of hydrogen-bond acceptors (Lipinski definition) is 4. The van der Waals surface area contributed by atoms with E-state index in [1.807, 2.05) is 60.7 Å². The predicted molar refractivity (Wildman–Crippen MR) is 109 cm³/mol. The largest absolute Gasteiger partial charge is 0.304 e. The molecule has 0 saturated carbocycles. The van der Waals surface area contributed by atoms with Gasteiger partial charge in [-0.2, -0.15) is 5.10 Å². The molecule has 0 radical (unpaired) electrons. The average molecular weight is 389 g/mol. The van der Waals surface area contributed by atoms with Gasteiger partial charge < -0.3 is 4.90 Å². The zero-order chi connectivity index (χ0) is 19.1. The Balaban J connectivity index is 1.55. The van der Waals surface area contributed by atoms with Crippen LogP contribution in [0.15, 0.2) is 84.0 Å². The summed E-state index contributed by atoms with van der Waals surface area (Å²) in [7, 11) is 0. The Hall–Kier alpha value is -3.12. The summed E-state index contributed by atoms with van der Waals surface area (Å²) in [5.74, 6) is -0.514. The van der Waals surface area contributed by atoms with Gasteiger partial charge in [0, 0.05) is 11.1 Å². The van der Waals surface area contributed by atoms with Crippen LogP contribution in [0.4, 0.5) is 10.1 Å². The third-order valence-electron chi connectivity index (χ3n) is 4.94. The molecule has 28 heavy (non-hydrogen) atoms. The van der Waals surface area contributed by atoms with Gasteiger partial charge in [-0.1, -0.05) is 72.4 Å². The molecule has 138 valence electrons. The molecule has 1 unspecified atom stereocenters. The highest BCUT2D eigenvalue weighted by Crippen LogP contribution is 2.51. The molecule has 2 aliphatic rings. The van der Waals surface area contributed by atoms with Crippen LogP contribution in [0, 0.1) is 5.82 Å². The molecular weight excluding hydrogens is 373 g/mol. The molecule has 0 saturated heterocycles. The number of fused-ring (bicyclic) bond motifs is 2. The van der Waals surface area contributed by atoms with Gasteiger partial charge in [-0.25, -0.2) is 4.39 Å². The van der Waals surface area contributed by atoms with Gasteiger partial charge in [0.1, 0.15) is 10.9 Å². The molecule has 1 spiro atoms. The van der Waals surface area contributed by atoms with E-state index in [9.17, 15) is 9.18 Å². The SMILES string of the molecule is O=C1N(Cc2ccccc2)c2ccc(F)cc2C12NN=C(c1ccccc1)S2. The Morgan fingerprint density at radius 1 is 1.00 bits per heavy atom. The first kappa shape index (κ1) is 17.0. The van der Waals surface area contributed by atoms with Crippen LogP contribution in [0.25, 0.3) is 0 Å². The molecule has 2 aliphatic heterocycles. The number of halogens is 1. The lowest BCUT2D eigenvalue weighted by molar-refractivity contribution is -0.121. The first-order valence-electron chi connectivity index (χ1n) is 8.92. The molecule has 0 aromatic heterocycles. The summed E-state index contributed by atoms with van der Waals surface area (Å²) >= 11 is 1.33. The van der Waals surface area contributed by atoms with Crippen molar-refractivity contribution in [2.45, 2.75) is 11.4 Å². The highest BCUT2D eigenvalue weighted by Gasteiger charge is 2.55. The molecular formula is C22H16FN3OS. The molecule has 1 N–H and O–H groups in total. The minimum absolute atomic E-state index is 0.142. The van der Waals surface area contributed by atoms with Crippen LogP contribution in [-0.2, 0) is 16.2 Å². The predicted octanol–water partition coefficient (Wildman–Crippen LogP) is 4.22. The number of hydrazone groups is 1. The summed E-state index contributed by atoms with van der Waals surface area (Å²) in [4.78, 5) is 14.1. The van der Waals surface area contributed by atoms with E-state index in [1.165, 1.54) is 23.9 Å². The molecule has 4 nitrogen and oxygen atoms in total. The van der Waals surface area contributed by atoms with E-state index >= 15 is 0 Å². The van der Waals surface area contributed by atoms with E-state index in [0.29, 0.717) is 22.8 Å². The highest BCUT2D eigenvalue weighted by molar-refractivity contribution is 8.16. The van der Waals surface area contributed by atoms with Crippen LogP contribution in [-0.4, -0.2) is 11.0 Å². The van der Waals surface area contributed by atoms with Crippen LogP contribution < -0.4 is 10.3 Å². The van der Waals surface area contributed by atoms with Crippen molar-refractivity contribution in [1.82, 2.24) is 5.43 Å². The van der Waals surface area contributed by atoms with Crippen molar-refractivity contribution in [3.63, 3.8) is 0 Å². The topological polar surface area (TPSA) is 44.7 Å². The molecule has 2 heterocycles. The van der Waals surface area contributed by atoms with Gasteiger partial charge >= 0.3 is 0 Å². The maximum atomic E-state index is 14.1. The van der Waals surface area contributed by atoms with Crippen LogP contribution in [0.2, 0.25) is 0 Å². The number of carbonyl (C=O) groups is 1. The fourth-order valence-electron chi connectivity index (χ4n) is 3.59. The third-order valence-corrected chi connectivity index (χ3v) is 6.26. The number of amides is 1. The lowest BCUT2D eigenvalue weighted by Gasteiger charge is -2.22. The van der Waals surface area contributed by atoms with Crippen molar-refractivity contribution in [3.8, 4) is 0 Å². The Morgan fingerprint density at radius 3 is 2.46 bits per heavy atom. The maximum Gasteiger partial charge on any atom is 0.270 e. The average Bonchev–Trinajstić information content (AvgIpc) is 3.27. The lowest BCUT2D eigenvalue weighted by Crippen LogP contribution is -2.44. The molecule has 0 aliphatic carbocycles. The zero-order valence-corrected chi connectivity index (χ0v) is 15.6. The fourth-order valence-corrected chi connectivity index (χ4v) is 4.79. The van der Waals surface area contributed by atoms with Crippen molar-refractivity contribution in [1.29, 1.82) is 0 Å². The van der Waals surface area contributed by atoms with Crippen molar-refractivity contribution in [2.24, 2.45) is 5.10 Å². The van der Waals surface area contributed by atoms with Crippen LogP contribution >= 0.6 is 11.8 Å². The molecule has 5 rings (SSSR count). The number of carbonyl (C=O) groups excluding carboxylic acids is 1. The second-order valence-electron chi connectivity index (χ2n) is 6.72. The number of anilines is 1. The van der Waals surface area contributed by atoms with Crippen molar-refractivity contribution >= 4 is 28.4 Å². The van der Waals surface area contributed by atoms with Crippen LogP contribution in [0.1, 0.15) is 16.7 Å². The summed E-state index contributed by atoms with van der Waals surface area (Å²) in [5, 5.41) is 5.13. The van der Waals surface area contributed by atoms with Gasteiger partial charge in [0.15, 0.2) is 0 Å².